The maximum atomic E-state index is 12.4. The van der Waals surface area contributed by atoms with Gasteiger partial charge in [-0.05, 0) is 6.92 Å². The molecule has 108 valence electrons. The van der Waals surface area contributed by atoms with Gasteiger partial charge in [0.05, 0.1) is 31.6 Å². The van der Waals surface area contributed by atoms with E-state index in [2.05, 4.69) is 9.97 Å². The second kappa shape index (κ2) is 6.15. The Kier molecular flexibility index (Phi) is 4.51. The summed E-state index contributed by atoms with van der Waals surface area (Å²) in [4.78, 5) is 32.7. The van der Waals surface area contributed by atoms with Crippen molar-refractivity contribution in [2.24, 2.45) is 5.92 Å². The summed E-state index contributed by atoms with van der Waals surface area (Å²) in [5, 5.41) is 9.27. The van der Waals surface area contributed by atoms with Crippen LogP contribution >= 0.6 is 11.6 Å². The average molecular weight is 300 g/mol. The van der Waals surface area contributed by atoms with Gasteiger partial charge in [0.1, 0.15) is 16.8 Å². The van der Waals surface area contributed by atoms with E-state index >= 15 is 0 Å². The number of aliphatic carboxylic acids is 1. The number of aromatic nitrogens is 2. The van der Waals surface area contributed by atoms with Gasteiger partial charge in [0.25, 0.3) is 5.91 Å². The van der Waals surface area contributed by atoms with Gasteiger partial charge in [-0.2, -0.15) is 0 Å². The van der Waals surface area contributed by atoms with Crippen molar-refractivity contribution in [3.63, 3.8) is 0 Å². The highest BCUT2D eigenvalue weighted by atomic mass is 35.5. The van der Waals surface area contributed by atoms with Crippen LogP contribution in [0.1, 0.15) is 17.4 Å². The molecule has 0 aliphatic carbocycles. The first-order chi connectivity index (χ1) is 9.54. The van der Waals surface area contributed by atoms with Crippen molar-refractivity contribution in [1.82, 2.24) is 14.9 Å². The van der Waals surface area contributed by atoms with Crippen LogP contribution in [-0.4, -0.2) is 57.7 Å². The molecule has 1 N–H and O–H groups in total. The molecular formula is C12H14ClN3O4. The van der Waals surface area contributed by atoms with Gasteiger partial charge in [-0.1, -0.05) is 11.6 Å². The molecule has 7 nitrogen and oxygen atoms in total. The first kappa shape index (κ1) is 14.7. The number of likely N-dealkylation sites (N-methyl/N-ethyl adjacent to an activating group) is 1. The summed E-state index contributed by atoms with van der Waals surface area (Å²) >= 11 is 5.71. The number of carboxylic acid groups (broad SMARTS) is 1. The maximum Gasteiger partial charge on any atom is 0.311 e. The first-order valence-corrected chi connectivity index (χ1v) is 6.51. The summed E-state index contributed by atoms with van der Waals surface area (Å²) in [5.74, 6) is -2.11. The van der Waals surface area contributed by atoms with E-state index in [-0.39, 0.29) is 24.1 Å². The molecule has 1 aliphatic heterocycles. The van der Waals surface area contributed by atoms with Gasteiger partial charge < -0.3 is 14.7 Å². The van der Waals surface area contributed by atoms with Gasteiger partial charge in [0, 0.05) is 6.54 Å². The van der Waals surface area contributed by atoms with E-state index in [0.717, 1.165) is 0 Å². The van der Waals surface area contributed by atoms with E-state index in [9.17, 15) is 9.59 Å². The molecule has 1 aliphatic rings. The SMILES string of the molecule is CCN(C(=O)c1cncc(Cl)n1)C1COCC1C(=O)O. The number of hydrogen-bond donors (Lipinski definition) is 1. The minimum absolute atomic E-state index is 0.0930. The van der Waals surface area contributed by atoms with Crippen LogP contribution in [0.3, 0.4) is 0 Å². The first-order valence-electron chi connectivity index (χ1n) is 6.13. The molecule has 2 atom stereocenters. The van der Waals surface area contributed by atoms with E-state index in [1.165, 1.54) is 17.3 Å². The Balaban J connectivity index is 2.23. The molecule has 0 spiro atoms. The Morgan fingerprint density at radius 1 is 1.50 bits per heavy atom. The second-order valence-corrected chi connectivity index (χ2v) is 4.75. The number of nitrogens with zero attached hydrogens (tertiary/aromatic N) is 3. The van der Waals surface area contributed by atoms with Crippen LogP contribution in [0.2, 0.25) is 5.15 Å². The standard InChI is InChI=1S/C12H14ClN3O4/c1-2-16(9-6-20-5-7(9)12(18)19)11(17)8-3-14-4-10(13)15-8/h3-4,7,9H,2,5-6H2,1H3,(H,18,19). The van der Waals surface area contributed by atoms with E-state index in [1.807, 2.05) is 0 Å². The van der Waals surface area contributed by atoms with Crippen LogP contribution < -0.4 is 0 Å². The number of carbonyl (C=O) groups is 2. The summed E-state index contributed by atoms with van der Waals surface area (Å²) in [6.07, 6.45) is 2.63. The average Bonchev–Trinajstić information content (AvgIpc) is 2.89. The normalized spacial score (nSPS) is 21.7. The minimum Gasteiger partial charge on any atom is -0.481 e. The third-order valence-electron chi connectivity index (χ3n) is 3.19. The van der Waals surface area contributed by atoms with Crippen molar-refractivity contribution in [1.29, 1.82) is 0 Å². The van der Waals surface area contributed by atoms with Gasteiger partial charge in [-0.3, -0.25) is 14.6 Å². The van der Waals surface area contributed by atoms with Crippen LogP contribution in [0.25, 0.3) is 0 Å². The number of ether oxygens (including phenoxy) is 1. The lowest BCUT2D eigenvalue weighted by Crippen LogP contribution is -2.46. The topological polar surface area (TPSA) is 92.6 Å². The van der Waals surface area contributed by atoms with Crippen molar-refractivity contribution >= 4 is 23.5 Å². The number of rotatable bonds is 4. The smallest absolute Gasteiger partial charge is 0.311 e. The maximum absolute atomic E-state index is 12.4. The zero-order valence-electron chi connectivity index (χ0n) is 10.8. The Labute approximate surface area is 120 Å². The predicted molar refractivity (Wildman–Crippen MR) is 69.5 cm³/mol. The number of carbonyl (C=O) groups excluding carboxylic acids is 1. The molecule has 1 fully saturated rings. The van der Waals surface area contributed by atoms with Gasteiger partial charge in [-0.15, -0.1) is 0 Å². The molecule has 2 heterocycles. The fraction of sp³-hybridized carbons (Fsp3) is 0.500. The minimum atomic E-state index is -0.976. The van der Waals surface area contributed by atoms with Crippen molar-refractivity contribution in [3.8, 4) is 0 Å². The summed E-state index contributed by atoms with van der Waals surface area (Å²) in [5.41, 5.74) is 0.0930. The van der Waals surface area contributed by atoms with Crippen LogP contribution in [0.15, 0.2) is 12.4 Å². The Hall–Kier alpha value is -1.73. The summed E-state index contributed by atoms with van der Waals surface area (Å²) in [7, 11) is 0. The van der Waals surface area contributed by atoms with E-state index in [0.29, 0.717) is 6.54 Å². The number of hydrogen-bond acceptors (Lipinski definition) is 5. The number of halogens is 1. The highest BCUT2D eigenvalue weighted by Gasteiger charge is 2.40. The van der Waals surface area contributed by atoms with Crippen LogP contribution in [-0.2, 0) is 9.53 Å². The van der Waals surface area contributed by atoms with Crippen LogP contribution in [0.4, 0.5) is 0 Å². The lowest BCUT2D eigenvalue weighted by Gasteiger charge is -2.28. The van der Waals surface area contributed by atoms with Crippen LogP contribution in [0, 0.1) is 5.92 Å². The molecule has 1 amide bonds. The molecule has 0 radical (unpaired) electrons. The lowest BCUT2D eigenvalue weighted by molar-refractivity contribution is -0.142. The molecule has 8 heteroatoms. The van der Waals surface area contributed by atoms with E-state index in [1.54, 1.807) is 6.92 Å². The van der Waals surface area contributed by atoms with Crippen molar-refractivity contribution in [2.45, 2.75) is 13.0 Å². The molecule has 1 saturated heterocycles. The zero-order valence-corrected chi connectivity index (χ0v) is 11.6. The van der Waals surface area contributed by atoms with E-state index in [4.69, 9.17) is 21.4 Å². The molecule has 2 rings (SSSR count). The van der Waals surface area contributed by atoms with Gasteiger partial charge in [0.15, 0.2) is 0 Å². The highest BCUT2D eigenvalue weighted by Crippen LogP contribution is 2.21. The largest absolute Gasteiger partial charge is 0.481 e. The Morgan fingerprint density at radius 2 is 2.25 bits per heavy atom. The molecule has 20 heavy (non-hydrogen) atoms. The zero-order chi connectivity index (χ0) is 14.7. The van der Waals surface area contributed by atoms with Crippen LogP contribution in [0.5, 0.6) is 0 Å². The molecule has 0 saturated carbocycles. The summed E-state index contributed by atoms with van der Waals surface area (Å²) < 4.78 is 5.19. The Bertz CT molecular complexity index is 525. The van der Waals surface area contributed by atoms with Gasteiger partial charge >= 0.3 is 5.97 Å². The predicted octanol–water partition coefficient (Wildman–Crippen LogP) is 0.692. The van der Waals surface area contributed by atoms with Crippen molar-refractivity contribution < 1.29 is 19.4 Å². The van der Waals surface area contributed by atoms with Gasteiger partial charge in [0.2, 0.25) is 0 Å². The highest BCUT2D eigenvalue weighted by molar-refractivity contribution is 6.29. The second-order valence-electron chi connectivity index (χ2n) is 4.37. The third kappa shape index (κ3) is 2.88. The third-order valence-corrected chi connectivity index (χ3v) is 3.38. The quantitative estimate of drug-likeness (QED) is 0.879. The monoisotopic (exact) mass is 299 g/mol. The fourth-order valence-electron chi connectivity index (χ4n) is 2.21. The number of carboxylic acids is 1. The molecule has 1 aromatic heterocycles. The van der Waals surface area contributed by atoms with E-state index < -0.39 is 23.8 Å². The molecule has 1 aromatic rings. The van der Waals surface area contributed by atoms with Gasteiger partial charge in [-0.25, -0.2) is 4.98 Å². The number of amides is 1. The van der Waals surface area contributed by atoms with Crippen molar-refractivity contribution in [3.05, 3.63) is 23.2 Å². The molecule has 0 bridgehead atoms. The Morgan fingerprint density at radius 3 is 2.85 bits per heavy atom. The molecule has 0 aromatic carbocycles. The molecular weight excluding hydrogens is 286 g/mol. The molecule has 2 unspecified atom stereocenters. The lowest BCUT2D eigenvalue weighted by atomic mass is 10.0. The summed E-state index contributed by atoms with van der Waals surface area (Å²) in [6.45, 7) is 2.42. The fourth-order valence-corrected chi connectivity index (χ4v) is 2.35. The van der Waals surface area contributed by atoms with Crippen molar-refractivity contribution in [2.75, 3.05) is 19.8 Å². The summed E-state index contributed by atoms with van der Waals surface area (Å²) in [6, 6.07) is -0.509.